The Balaban J connectivity index is 1.56. The second kappa shape index (κ2) is 8.50. The number of para-hydroxylation sites is 1. The van der Waals surface area contributed by atoms with Crippen molar-refractivity contribution in [2.24, 2.45) is 0 Å². The van der Waals surface area contributed by atoms with Crippen molar-refractivity contribution in [1.29, 1.82) is 0 Å². The molecule has 2 aromatic carbocycles. The Bertz CT molecular complexity index is 805. The third-order valence-corrected chi connectivity index (χ3v) is 4.53. The van der Waals surface area contributed by atoms with Crippen LogP contribution in [0.4, 0.5) is 17.1 Å². The van der Waals surface area contributed by atoms with Crippen LogP contribution in [0.5, 0.6) is 5.75 Å². The minimum Gasteiger partial charge on any atom is -0.495 e. The highest BCUT2D eigenvalue weighted by molar-refractivity contribution is 5.94. The van der Waals surface area contributed by atoms with Gasteiger partial charge in [0.15, 0.2) is 0 Å². The molecule has 0 bridgehead atoms. The van der Waals surface area contributed by atoms with Gasteiger partial charge in [0.25, 0.3) is 5.69 Å². The molecule has 1 fully saturated rings. The van der Waals surface area contributed by atoms with Crippen molar-refractivity contribution in [3.05, 3.63) is 58.6 Å². The summed E-state index contributed by atoms with van der Waals surface area (Å²) < 4.78 is 5.18. The van der Waals surface area contributed by atoms with Gasteiger partial charge in [-0.3, -0.25) is 19.8 Å². The lowest BCUT2D eigenvalue weighted by molar-refractivity contribution is -0.384. The standard InChI is InChI=1S/C19H22N4O4/c1-27-18-8-7-16(23(25)26)13-17(18)20-19(24)14-21-9-11-22(12-10-21)15-5-3-2-4-6-15/h2-8,13H,9-12,14H2,1H3,(H,20,24). The summed E-state index contributed by atoms with van der Waals surface area (Å²) in [4.78, 5) is 27.2. The smallest absolute Gasteiger partial charge is 0.271 e. The number of carbonyl (C=O) groups is 1. The highest BCUT2D eigenvalue weighted by Gasteiger charge is 2.20. The van der Waals surface area contributed by atoms with Gasteiger partial charge in [-0.05, 0) is 18.2 Å². The van der Waals surface area contributed by atoms with Crippen molar-refractivity contribution in [3.63, 3.8) is 0 Å². The number of amides is 1. The molecule has 1 heterocycles. The van der Waals surface area contributed by atoms with Crippen LogP contribution >= 0.6 is 0 Å². The van der Waals surface area contributed by atoms with E-state index in [-0.39, 0.29) is 18.1 Å². The van der Waals surface area contributed by atoms with E-state index in [4.69, 9.17) is 4.74 Å². The number of nitro groups is 1. The number of methoxy groups -OCH3 is 1. The molecule has 1 amide bonds. The van der Waals surface area contributed by atoms with Gasteiger partial charge in [-0.25, -0.2) is 0 Å². The van der Waals surface area contributed by atoms with Crippen molar-refractivity contribution in [3.8, 4) is 5.75 Å². The molecule has 0 aromatic heterocycles. The Kier molecular flexibility index (Phi) is 5.87. The summed E-state index contributed by atoms with van der Waals surface area (Å²) in [7, 11) is 1.46. The molecule has 8 nitrogen and oxygen atoms in total. The number of anilines is 2. The van der Waals surface area contributed by atoms with Crippen molar-refractivity contribution in [2.45, 2.75) is 0 Å². The Labute approximate surface area is 157 Å². The predicted octanol–water partition coefficient (Wildman–Crippen LogP) is 2.36. The Morgan fingerprint density at radius 2 is 1.85 bits per heavy atom. The second-order valence-electron chi connectivity index (χ2n) is 6.29. The summed E-state index contributed by atoms with van der Waals surface area (Å²) in [5, 5.41) is 13.7. The molecule has 0 radical (unpaired) electrons. The maximum Gasteiger partial charge on any atom is 0.271 e. The van der Waals surface area contributed by atoms with Crippen LogP contribution in [0.25, 0.3) is 0 Å². The number of nitrogens with one attached hydrogen (secondary N) is 1. The highest BCUT2D eigenvalue weighted by Crippen LogP contribution is 2.28. The number of non-ortho nitro benzene ring substituents is 1. The average Bonchev–Trinajstić information content (AvgIpc) is 2.69. The van der Waals surface area contributed by atoms with Gasteiger partial charge in [0.2, 0.25) is 5.91 Å². The number of hydrogen-bond acceptors (Lipinski definition) is 6. The molecular formula is C19H22N4O4. The van der Waals surface area contributed by atoms with E-state index in [0.29, 0.717) is 11.4 Å². The SMILES string of the molecule is COc1ccc([N+](=O)[O-])cc1NC(=O)CN1CCN(c2ccccc2)CC1. The fourth-order valence-electron chi connectivity index (χ4n) is 3.10. The van der Waals surface area contributed by atoms with Crippen molar-refractivity contribution < 1.29 is 14.5 Å². The molecule has 1 saturated heterocycles. The highest BCUT2D eigenvalue weighted by atomic mass is 16.6. The number of rotatable bonds is 6. The number of nitrogens with zero attached hydrogens (tertiary/aromatic N) is 3. The van der Waals surface area contributed by atoms with Crippen LogP contribution in [0.1, 0.15) is 0 Å². The maximum absolute atomic E-state index is 12.4. The zero-order valence-corrected chi connectivity index (χ0v) is 15.1. The summed E-state index contributed by atoms with van der Waals surface area (Å²) >= 11 is 0. The van der Waals surface area contributed by atoms with E-state index >= 15 is 0 Å². The van der Waals surface area contributed by atoms with Crippen LogP contribution < -0.4 is 15.0 Å². The van der Waals surface area contributed by atoms with Gasteiger partial charge in [0.05, 0.1) is 24.3 Å². The van der Waals surface area contributed by atoms with E-state index < -0.39 is 4.92 Å². The van der Waals surface area contributed by atoms with Crippen LogP contribution in [0.2, 0.25) is 0 Å². The number of ether oxygens (including phenoxy) is 1. The number of carbonyl (C=O) groups excluding carboxylic acids is 1. The minimum atomic E-state index is -0.502. The molecular weight excluding hydrogens is 348 g/mol. The van der Waals surface area contributed by atoms with Crippen LogP contribution in [0, 0.1) is 10.1 Å². The number of hydrogen-bond donors (Lipinski definition) is 1. The van der Waals surface area contributed by atoms with E-state index in [0.717, 1.165) is 26.2 Å². The average molecular weight is 370 g/mol. The minimum absolute atomic E-state index is 0.0948. The maximum atomic E-state index is 12.4. The largest absolute Gasteiger partial charge is 0.495 e. The molecule has 0 aliphatic carbocycles. The van der Waals surface area contributed by atoms with Gasteiger partial charge in [-0.1, -0.05) is 18.2 Å². The molecule has 0 atom stereocenters. The molecule has 3 rings (SSSR count). The monoisotopic (exact) mass is 370 g/mol. The molecule has 0 saturated carbocycles. The summed E-state index contributed by atoms with van der Waals surface area (Å²) in [5.74, 6) is 0.171. The Morgan fingerprint density at radius 1 is 1.15 bits per heavy atom. The molecule has 1 aliphatic heterocycles. The number of benzene rings is 2. The first-order valence-corrected chi connectivity index (χ1v) is 8.71. The summed E-state index contributed by atoms with van der Waals surface area (Å²) in [5.41, 5.74) is 1.39. The third-order valence-electron chi connectivity index (χ3n) is 4.53. The first-order chi connectivity index (χ1) is 13.1. The van der Waals surface area contributed by atoms with Crippen LogP contribution in [-0.2, 0) is 4.79 Å². The normalized spacial score (nSPS) is 14.6. The predicted molar refractivity (Wildman–Crippen MR) is 103 cm³/mol. The fourth-order valence-corrected chi connectivity index (χ4v) is 3.10. The van der Waals surface area contributed by atoms with Gasteiger partial charge in [0.1, 0.15) is 5.75 Å². The molecule has 142 valence electrons. The van der Waals surface area contributed by atoms with E-state index in [9.17, 15) is 14.9 Å². The number of piperazine rings is 1. The van der Waals surface area contributed by atoms with Crippen molar-refractivity contribution in [1.82, 2.24) is 4.90 Å². The topological polar surface area (TPSA) is 87.9 Å². The second-order valence-corrected chi connectivity index (χ2v) is 6.29. The fraction of sp³-hybridized carbons (Fsp3) is 0.316. The molecule has 8 heteroatoms. The molecule has 2 aromatic rings. The quantitative estimate of drug-likeness (QED) is 0.620. The summed E-state index contributed by atoms with van der Waals surface area (Å²) in [6, 6.07) is 14.3. The van der Waals surface area contributed by atoms with Crippen LogP contribution in [0.3, 0.4) is 0 Å². The third kappa shape index (κ3) is 4.73. The lowest BCUT2D eigenvalue weighted by Gasteiger charge is -2.35. The molecule has 1 N–H and O–H groups in total. The lowest BCUT2D eigenvalue weighted by Crippen LogP contribution is -2.48. The zero-order chi connectivity index (χ0) is 19.2. The lowest BCUT2D eigenvalue weighted by atomic mass is 10.2. The van der Waals surface area contributed by atoms with Gasteiger partial charge in [-0.2, -0.15) is 0 Å². The first-order valence-electron chi connectivity index (χ1n) is 8.71. The molecule has 0 unspecified atom stereocenters. The first kappa shape index (κ1) is 18.7. The molecule has 27 heavy (non-hydrogen) atoms. The zero-order valence-electron chi connectivity index (χ0n) is 15.1. The summed E-state index contributed by atoms with van der Waals surface area (Å²) in [6.07, 6.45) is 0. The van der Waals surface area contributed by atoms with E-state index in [1.165, 1.54) is 31.0 Å². The molecule has 0 spiro atoms. The van der Waals surface area contributed by atoms with Crippen molar-refractivity contribution in [2.75, 3.05) is 50.1 Å². The van der Waals surface area contributed by atoms with Gasteiger partial charge >= 0.3 is 0 Å². The van der Waals surface area contributed by atoms with Crippen LogP contribution in [0.15, 0.2) is 48.5 Å². The van der Waals surface area contributed by atoms with Gasteiger partial charge in [0, 0.05) is 44.0 Å². The van der Waals surface area contributed by atoms with Gasteiger partial charge in [-0.15, -0.1) is 0 Å². The van der Waals surface area contributed by atoms with Gasteiger partial charge < -0.3 is 15.0 Å². The van der Waals surface area contributed by atoms with E-state index in [1.54, 1.807) is 0 Å². The number of nitro benzene ring substituents is 1. The Hall–Kier alpha value is -3.13. The van der Waals surface area contributed by atoms with E-state index in [1.807, 2.05) is 18.2 Å². The molecule has 1 aliphatic rings. The Morgan fingerprint density at radius 3 is 2.48 bits per heavy atom. The van der Waals surface area contributed by atoms with Crippen LogP contribution in [-0.4, -0.2) is 55.6 Å². The summed E-state index contributed by atoms with van der Waals surface area (Å²) in [6.45, 7) is 3.46. The van der Waals surface area contributed by atoms with E-state index in [2.05, 4.69) is 27.2 Å². The van der Waals surface area contributed by atoms with Crippen molar-refractivity contribution >= 4 is 23.0 Å².